The number of hydrogen-bond acceptors (Lipinski definition) is 4. The SMILES string of the molecule is CCOc1cc(CNC2CCC(=O)N(C)C2)ccc1OC. The van der Waals surface area contributed by atoms with E-state index in [1.165, 1.54) is 0 Å². The van der Waals surface area contributed by atoms with Crippen molar-refractivity contribution in [1.29, 1.82) is 0 Å². The fraction of sp³-hybridized carbons (Fsp3) is 0.562. The monoisotopic (exact) mass is 292 g/mol. The molecule has 1 saturated heterocycles. The molecule has 1 fully saturated rings. The predicted octanol–water partition coefficient (Wildman–Crippen LogP) is 1.80. The summed E-state index contributed by atoms with van der Waals surface area (Å²) < 4.78 is 10.9. The number of methoxy groups -OCH3 is 1. The van der Waals surface area contributed by atoms with Crippen molar-refractivity contribution in [3.8, 4) is 11.5 Å². The first-order chi connectivity index (χ1) is 10.1. The molecule has 1 N–H and O–H groups in total. The van der Waals surface area contributed by atoms with E-state index in [1.807, 2.05) is 32.2 Å². The highest BCUT2D eigenvalue weighted by atomic mass is 16.5. The third-order valence-corrected chi connectivity index (χ3v) is 3.75. The van der Waals surface area contributed by atoms with Gasteiger partial charge in [-0.1, -0.05) is 6.07 Å². The number of benzene rings is 1. The molecule has 5 heteroatoms. The topological polar surface area (TPSA) is 50.8 Å². The van der Waals surface area contributed by atoms with Crippen LogP contribution in [0.2, 0.25) is 0 Å². The lowest BCUT2D eigenvalue weighted by Gasteiger charge is -2.30. The molecule has 0 radical (unpaired) electrons. The van der Waals surface area contributed by atoms with Crippen LogP contribution in [0.5, 0.6) is 11.5 Å². The Morgan fingerprint density at radius 3 is 2.86 bits per heavy atom. The van der Waals surface area contributed by atoms with Gasteiger partial charge in [-0.15, -0.1) is 0 Å². The average molecular weight is 292 g/mol. The van der Waals surface area contributed by atoms with E-state index in [0.717, 1.165) is 36.6 Å². The highest BCUT2D eigenvalue weighted by Crippen LogP contribution is 2.28. The Hall–Kier alpha value is -1.75. The van der Waals surface area contributed by atoms with Gasteiger partial charge in [0.15, 0.2) is 11.5 Å². The number of piperidine rings is 1. The van der Waals surface area contributed by atoms with Crippen molar-refractivity contribution in [2.24, 2.45) is 0 Å². The molecular weight excluding hydrogens is 268 g/mol. The summed E-state index contributed by atoms with van der Waals surface area (Å²) in [6.07, 6.45) is 1.53. The van der Waals surface area contributed by atoms with Gasteiger partial charge in [0.25, 0.3) is 0 Å². The molecule has 0 spiro atoms. The Kier molecular flexibility index (Phi) is 5.44. The number of nitrogens with one attached hydrogen (secondary N) is 1. The van der Waals surface area contributed by atoms with Crippen LogP contribution in [0.4, 0.5) is 0 Å². The van der Waals surface area contributed by atoms with Gasteiger partial charge in [0.2, 0.25) is 5.91 Å². The molecule has 1 aromatic rings. The van der Waals surface area contributed by atoms with Gasteiger partial charge in [-0.25, -0.2) is 0 Å². The van der Waals surface area contributed by atoms with Gasteiger partial charge < -0.3 is 19.7 Å². The number of ether oxygens (including phenoxy) is 2. The van der Waals surface area contributed by atoms with Gasteiger partial charge in [-0.3, -0.25) is 4.79 Å². The molecule has 1 heterocycles. The van der Waals surface area contributed by atoms with Crippen molar-refractivity contribution >= 4 is 5.91 Å². The summed E-state index contributed by atoms with van der Waals surface area (Å²) >= 11 is 0. The van der Waals surface area contributed by atoms with Crippen LogP contribution in [0.1, 0.15) is 25.3 Å². The van der Waals surface area contributed by atoms with E-state index in [-0.39, 0.29) is 5.91 Å². The van der Waals surface area contributed by atoms with Gasteiger partial charge in [0.1, 0.15) is 0 Å². The Bertz CT molecular complexity index is 490. The van der Waals surface area contributed by atoms with Gasteiger partial charge in [-0.05, 0) is 31.0 Å². The van der Waals surface area contributed by atoms with Crippen LogP contribution in [0.25, 0.3) is 0 Å². The third kappa shape index (κ3) is 4.11. The number of carbonyl (C=O) groups excluding carboxylic acids is 1. The molecule has 1 aliphatic heterocycles. The molecule has 1 aliphatic rings. The second-order valence-electron chi connectivity index (χ2n) is 5.31. The lowest BCUT2D eigenvalue weighted by molar-refractivity contribution is -0.132. The second-order valence-corrected chi connectivity index (χ2v) is 5.31. The van der Waals surface area contributed by atoms with Gasteiger partial charge in [-0.2, -0.15) is 0 Å². The summed E-state index contributed by atoms with van der Waals surface area (Å²) in [5.41, 5.74) is 1.15. The number of hydrogen-bond donors (Lipinski definition) is 1. The highest BCUT2D eigenvalue weighted by Gasteiger charge is 2.22. The molecule has 5 nitrogen and oxygen atoms in total. The molecule has 21 heavy (non-hydrogen) atoms. The summed E-state index contributed by atoms with van der Waals surface area (Å²) in [6.45, 7) is 4.10. The van der Waals surface area contributed by atoms with Gasteiger partial charge in [0.05, 0.1) is 13.7 Å². The molecule has 0 aliphatic carbocycles. The largest absolute Gasteiger partial charge is 0.493 e. The van der Waals surface area contributed by atoms with E-state index >= 15 is 0 Å². The number of carbonyl (C=O) groups is 1. The highest BCUT2D eigenvalue weighted by molar-refractivity contribution is 5.76. The molecular formula is C16H24N2O3. The minimum absolute atomic E-state index is 0.233. The molecule has 0 bridgehead atoms. The van der Waals surface area contributed by atoms with Crippen molar-refractivity contribution in [3.63, 3.8) is 0 Å². The lowest BCUT2D eigenvalue weighted by Crippen LogP contribution is -2.46. The van der Waals surface area contributed by atoms with Crippen LogP contribution in [-0.4, -0.2) is 44.2 Å². The molecule has 1 unspecified atom stereocenters. The quantitative estimate of drug-likeness (QED) is 0.869. The van der Waals surface area contributed by atoms with Crippen molar-refractivity contribution < 1.29 is 14.3 Å². The molecule has 2 rings (SSSR count). The van der Waals surface area contributed by atoms with Crippen LogP contribution in [-0.2, 0) is 11.3 Å². The summed E-state index contributed by atoms with van der Waals surface area (Å²) in [7, 11) is 3.50. The smallest absolute Gasteiger partial charge is 0.222 e. The Balaban J connectivity index is 1.94. The minimum atomic E-state index is 0.233. The first-order valence-corrected chi connectivity index (χ1v) is 7.41. The molecule has 116 valence electrons. The molecule has 1 atom stereocenters. The molecule has 0 saturated carbocycles. The fourth-order valence-electron chi connectivity index (χ4n) is 2.54. The molecule has 0 aromatic heterocycles. The number of nitrogens with zero attached hydrogens (tertiary/aromatic N) is 1. The molecule has 1 amide bonds. The van der Waals surface area contributed by atoms with Crippen LogP contribution < -0.4 is 14.8 Å². The van der Waals surface area contributed by atoms with E-state index in [2.05, 4.69) is 5.32 Å². The zero-order chi connectivity index (χ0) is 15.2. The van der Waals surface area contributed by atoms with Gasteiger partial charge in [0, 0.05) is 32.6 Å². The van der Waals surface area contributed by atoms with Crippen LogP contribution in [0.3, 0.4) is 0 Å². The zero-order valence-corrected chi connectivity index (χ0v) is 13.0. The average Bonchev–Trinajstić information content (AvgIpc) is 2.49. The summed E-state index contributed by atoms with van der Waals surface area (Å²) in [4.78, 5) is 13.3. The first-order valence-electron chi connectivity index (χ1n) is 7.41. The van der Waals surface area contributed by atoms with Crippen molar-refractivity contribution in [3.05, 3.63) is 23.8 Å². The molecule has 1 aromatic carbocycles. The van der Waals surface area contributed by atoms with E-state index < -0.39 is 0 Å². The summed E-state index contributed by atoms with van der Waals surface area (Å²) in [6, 6.07) is 6.32. The predicted molar refractivity (Wildman–Crippen MR) is 81.7 cm³/mol. The fourth-order valence-corrected chi connectivity index (χ4v) is 2.54. The van der Waals surface area contributed by atoms with Crippen LogP contribution >= 0.6 is 0 Å². The third-order valence-electron chi connectivity index (χ3n) is 3.75. The van der Waals surface area contributed by atoms with Crippen molar-refractivity contribution in [1.82, 2.24) is 10.2 Å². The van der Waals surface area contributed by atoms with Gasteiger partial charge >= 0.3 is 0 Å². The number of likely N-dealkylation sites (N-methyl/N-ethyl adjacent to an activating group) is 1. The number of amides is 1. The van der Waals surface area contributed by atoms with Crippen molar-refractivity contribution in [2.75, 3.05) is 27.3 Å². The van der Waals surface area contributed by atoms with Crippen molar-refractivity contribution in [2.45, 2.75) is 32.4 Å². The second kappa shape index (κ2) is 7.31. The maximum absolute atomic E-state index is 11.5. The van der Waals surface area contributed by atoms with E-state index in [4.69, 9.17) is 9.47 Å². The zero-order valence-electron chi connectivity index (χ0n) is 13.0. The Labute approximate surface area is 126 Å². The standard InChI is InChI=1S/C16H24N2O3/c1-4-21-15-9-12(5-7-14(15)20-3)10-17-13-6-8-16(19)18(2)11-13/h5,7,9,13,17H,4,6,8,10-11H2,1-3H3. The van der Waals surface area contributed by atoms with Crippen LogP contribution in [0, 0.1) is 0 Å². The summed E-state index contributed by atoms with van der Waals surface area (Å²) in [5, 5.41) is 3.51. The van der Waals surface area contributed by atoms with Crippen LogP contribution in [0.15, 0.2) is 18.2 Å². The lowest BCUT2D eigenvalue weighted by atomic mass is 10.1. The number of likely N-dealkylation sites (tertiary alicyclic amines) is 1. The maximum atomic E-state index is 11.5. The first kappa shape index (κ1) is 15.6. The number of rotatable bonds is 6. The normalized spacial score (nSPS) is 18.7. The summed E-state index contributed by atoms with van der Waals surface area (Å²) in [5.74, 6) is 1.76. The maximum Gasteiger partial charge on any atom is 0.222 e. The minimum Gasteiger partial charge on any atom is -0.493 e. The van der Waals surface area contributed by atoms with E-state index in [0.29, 0.717) is 19.1 Å². The Morgan fingerprint density at radius 1 is 1.38 bits per heavy atom. The van der Waals surface area contributed by atoms with E-state index in [9.17, 15) is 4.79 Å². The van der Waals surface area contributed by atoms with E-state index in [1.54, 1.807) is 12.0 Å². The Morgan fingerprint density at radius 2 is 2.19 bits per heavy atom.